The van der Waals surface area contributed by atoms with Crippen LogP contribution in [0.5, 0.6) is 0 Å². The summed E-state index contributed by atoms with van der Waals surface area (Å²) in [6, 6.07) is 4.06. The van der Waals surface area contributed by atoms with Crippen LogP contribution in [0.3, 0.4) is 0 Å². The van der Waals surface area contributed by atoms with Gasteiger partial charge < -0.3 is 10.0 Å². The highest BCUT2D eigenvalue weighted by atomic mass is 32.2. The van der Waals surface area contributed by atoms with E-state index in [1.165, 1.54) is 12.1 Å². The molecular formula is C13H18FNO3S. The molecule has 0 spiro atoms. The first-order valence-electron chi connectivity index (χ1n) is 6.25. The molecule has 0 aromatic heterocycles. The molecule has 1 saturated heterocycles. The van der Waals surface area contributed by atoms with E-state index in [2.05, 4.69) is 0 Å². The zero-order chi connectivity index (χ0) is 14.2. The van der Waals surface area contributed by atoms with E-state index in [0.29, 0.717) is 17.8 Å². The number of aliphatic hydroxyl groups is 1. The van der Waals surface area contributed by atoms with E-state index in [4.69, 9.17) is 0 Å². The highest BCUT2D eigenvalue weighted by Gasteiger charge is 2.29. The SMILES string of the molecule is CC1CS(=O)(=O)CCN1c1ccc(F)cc1[C@@H](C)O. The Kier molecular flexibility index (Phi) is 3.82. The molecule has 1 aromatic rings. The topological polar surface area (TPSA) is 57.6 Å². The minimum absolute atomic E-state index is 0.0869. The molecule has 1 aliphatic heterocycles. The second kappa shape index (κ2) is 5.09. The van der Waals surface area contributed by atoms with Gasteiger partial charge in [0.1, 0.15) is 5.82 Å². The number of anilines is 1. The van der Waals surface area contributed by atoms with Crippen LogP contribution in [0.4, 0.5) is 10.1 Å². The Morgan fingerprint density at radius 1 is 1.47 bits per heavy atom. The van der Waals surface area contributed by atoms with Crippen LogP contribution in [0.15, 0.2) is 18.2 Å². The Labute approximate surface area is 112 Å². The number of hydrogen-bond donors (Lipinski definition) is 1. The van der Waals surface area contributed by atoms with E-state index in [0.717, 1.165) is 0 Å². The summed E-state index contributed by atoms with van der Waals surface area (Å²) < 4.78 is 36.4. The predicted molar refractivity (Wildman–Crippen MR) is 72.5 cm³/mol. The average Bonchev–Trinajstić information content (AvgIpc) is 2.28. The standard InChI is InChI=1S/C13H18FNO3S/c1-9-8-19(17,18)6-5-15(9)13-4-3-11(14)7-12(13)10(2)16/h3-4,7,9-10,16H,5-6,8H2,1-2H3/t9?,10-/m1/s1. The molecule has 0 saturated carbocycles. The molecule has 1 fully saturated rings. The molecule has 2 atom stereocenters. The number of benzene rings is 1. The highest BCUT2D eigenvalue weighted by Crippen LogP contribution is 2.30. The number of aliphatic hydroxyl groups excluding tert-OH is 1. The first-order valence-corrected chi connectivity index (χ1v) is 8.07. The maximum Gasteiger partial charge on any atom is 0.154 e. The summed E-state index contributed by atoms with van der Waals surface area (Å²) in [6.45, 7) is 3.77. The summed E-state index contributed by atoms with van der Waals surface area (Å²) in [5.74, 6) is -0.227. The molecule has 6 heteroatoms. The summed E-state index contributed by atoms with van der Waals surface area (Å²) >= 11 is 0. The third kappa shape index (κ3) is 3.06. The Morgan fingerprint density at radius 2 is 2.16 bits per heavy atom. The molecule has 0 radical (unpaired) electrons. The van der Waals surface area contributed by atoms with Gasteiger partial charge in [-0.1, -0.05) is 0 Å². The van der Waals surface area contributed by atoms with Gasteiger partial charge in [-0.2, -0.15) is 0 Å². The molecule has 4 nitrogen and oxygen atoms in total. The van der Waals surface area contributed by atoms with Crippen molar-refractivity contribution in [2.45, 2.75) is 26.0 Å². The lowest BCUT2D eigenvalue weighted by molar-refractivity contribution is 0.199. The van der Waals surface area contributed by atoms with Crippen molar-refractivity contribution in [2.75, 3.05) is 23.0 Å². The van der Waals surface area contributed by atoms with Gasteiger partial charge in [-0.25, -0.2) is 12.8 Å². The smallest absolute Gasteiger partial charge is 0.154 e. The maximum atomic E-state index is 13.3. The normalized spacial score (nSPS) is 24.2. The molecule has 1 heterocycles. The zero-order valence-corrected chi connectivity index (χ0v) is 11.8. The van der Waals surface area contributed by atoms with Crippen molar-refractivity contribution in [1.29, 1.82) is 0 Å². The number of hydrogen-bond acceptors (Lipinski definition) is 4. The van der Waals surface area contributed by atoms with Crippen LogP contribution >= 0.6 is 0 Å². The number of rotatable bonds is 2. The summed E-state index contributed by atoms with van der Waals surface area (Å²) in [4.78, 5) is 1.92. The first-order chi connectivity index (χ1) is 8.80. The fourth-order valence-corrected chi connectivity index (χ4v) is 4.03. The average molecular weight is 287 g/mol. The van der Waals surface area contributed by atoms with Gasteiger partial charge in [0, 0.05) is 23.8 Å². The van der Waals surface area contributed by atoms with Gasteiger partial charge in [0.25, 0.3) is 0 Å². The Bertz CT molecular complexity index is 571. The van der Waals surface area contributed by atoms with Gasteiger partial charge in [-0.3, -0.25) is 0 Å². The first kappa shape index (κ1) is 14.3. The third-order valence-corrected chi connectivity index (χ3v) is 5.21. The van der Waals surface area contributed by atoms with Crippen molar-refractivity contribution in [3.63, 3.8) is 0 Å². The van der Waals surface area contributed by atoms with Gasteiger partial charge in [-0.15, -0.1) is 0 Å². The van der Waals surface area contributed by atoms with Crippen molar-refractivity contribution in [2.24, 2.45) is 0 Å². The van der Waals surface area contributed by atoms with Gasteiger partial charge in [0.05, 0.1) is 17.6 Å². The van der Waals surface area contributed by atoms with Crippen LogP contribution in [0, 0.1) is 5.82 Å². The van der Waals surface area contributed by atoms with Crippen LogP contribution < -0.4 is 4.90 Å². The van der Waals surface area contributed by atoms with E-state index in [1.54, 1.807) is 13.0 Å². The zero-order valence-electron chi connectivity index (χ0n) is 11.0. The van der Waals surface area contributed by atoms with Gasteiger partial charge in [0.2, 0.25) is 0 Å². The van der Waals surface area contributed by atoms with E-state index in [1.807, 2.05) is 11.8 Å². The molecule has 1 aliphatic rings. The molecular weight excluding hydrogens is 269 g/mol. The molecule has 0 bridgehead atoms. The fourth-order valence-electron chi connectivity index (χ4n) is 2.48. The number of nitrogens with zero attached hydrogens (tertiary/aromatic N) is 1. The van der Waals surface area contributed by atoms with Crippen LogP contribution in [0.2, 0.25) is 0 Å². The van der Waals surface area contributed by atoms with E-state index >= 15 is 0 Å². The second-order valence-electron chi connectivity index (χ2n) is 5.04. The lowest BCUT2D eigenvalue weighted by Crippen LogP contribution is -2.47. The molecule has 1 unspecified atom stereocenters. The summed E-state index contributed by atoms with van der Waals surface area (Å²) in [7, 11) is -2.99. The third-order valence-electron chi connectivity index (χ3n) is 3.42. The highest BCUT2D eigenvalue weighted by molar-refractivity contribution is 7.91. The van der Waals surface area contributed by atoms with Crippen molar-refractivity contribution in [3.05, 3.63) is 29.6 Å². The van der Waals surface area contributed by atoms with Crippen molar-refractivity contribution in [1.82, 2.24) is 0 Å². The van der Waals surface area contributed by atoms with Crippen LogP contribution in [0.1, 0.15) is 25.5 Å². The summed E-state index contributed by atoms with van der Waals surface area (Å²) in [5, 5.41) is 9.74. The molecule has 1 aromatic carbocycles. The number of halogens is 1. The molecule has 19 heavy (non-hydrogen) atoms. The van der Waals surface area contributed by atoms with E-state index in [9.17, 15) is 17.9 Å². The maximum absolute atomic E-state index is 13.3. The number of sulfone groups is 1. The molecule has 0 aliphatic carbocycles. The summed E-state index contributed by atoms with van der Waals surface area (Å²) in [6.07, 6.45) is -0.795. The van der Waals surface area contributed by atoms with Crippen LogP contribution in [-0.2, 0) is 9.84 Å². The Balaban J connectivity index is 2.37. The van der Waals surface area contributed by atoms with E-state index < -0.39 is 21.8 Å². The quantitative estimate of drug-likeness (QED) is 0.895. The van der Waals surface area contributed by atoms with Crippen molar-refractivity contribution >= 4 is 15.5 Å². The van der Waals surface area contributed by atoms with Gasteiger partial charge in [-0.05, 0) is 32.0 Å². The molecule has 1 N–H and O–H groups in total. The lowest BCUT2D eigenvalue weighted by atomic mass is 10.1. The van der Waals surface area contributed by atoms with Gasteiger partial charge >= 0.3 is 0 Å². The van der Waals surface area contributed by atoms with Crippen molar-refractivity contribution in [3.8, 4) is 0 Å². The van der Waals surface area contributed by atoms with E-state index in [-0.39, 0.29) is 17.5 Å². The monoisotopic (exact) mass is 287 g/mol. The van der Waals surface area contributed by atoms with Crippen LogP contribution in [-0.4, -0.2) is 37.6 Å². The minimum Gasteiger partial charge on any atom is -0.389 e. The Morgan fingerprint density at radius 3 is 2.74 bits per heavy atom. The summed E-state index contributed by atoms with van der Waals surface area (Å²) in [5.41, 5.74) is 1.20. The van der Waals surface area contributed by atoms with Crippen LogP contribution in [0.25, 0.3) is 0 Å². The predicted octanol–water partition coefficient (Wildman–Crippen LogP) is 1.50. The van der Waals surface area contributed by atoms with Crippen molar-refractivity contribution < 1.29 is 17.9 Å². The largest absolute Gasteiger partial charge is 0.389 e. The lowest BCUT2D eigenvalue weighted by Gasteiger charge is -2.36. The fraction of sp³-hybridized carbons (Fsp3) is 0.538. The molecule has 2 rings (SSSR count). The molecule has 106 valence electrons. The Hall–Kier alpha value is -1.14. The second-order valence-corrected chi connectivity index (χ2v) is 7.26. The molecule has 0 amide bonds. The minimum atomic E-state index is -2.99. The van der Waals surface area contributed by atoms with Gasteiger partial charge in [0.15, 0.2) is 9.84 Å².